The molecule has 128 valence electrons. The highest BCUT2D eigenvalue weighted by molar-refractivity contribution is 14.1. The van der Waals surface area contributed by atoms with E-state index in [2.05, 4.69) is 32.6 Å². The van der Waals surface area contributed by atoms with Crippen LogP contribution in [0.4, 0.5) is 4.39 Å². The molecule has 7 heteroatoms. The lowest BCUT2D eigenvalue weighted by Gasteiger charge is -2.18. The maximum absolute atomic E-state index is 13.2. The second kappa shape index (κ2) is 7.30. The van der Waals surface area contributed by atoms with Crippen molar-refractivity contribution in [3.8, 4) is 5.69 Å². The molecule has 1 aromatic carbocycles. The van der Waals surface area contributed by atoms with Gasteiger partial charge in [-0.05, 0) is 48.9 Å². The van der Waals surface area contributed by atoms with Crippen LogP contribution in [0.1, 0.15) is 21.7 Å². The molecule has 1 amide bonds. The zero-order chi connectivity index (χ0) is 18.0. The normalized spacial score (nSPS) is 10.7. The molecule has 0 saturated carbocycles. The third-order valence-electron chi connectivity index (χ3n) is 3.75. The average Bonchev–Trinajstić information content (AvgIpc) is 2.96. The van der Waals surface area contributed by atoms with Crippen LogP contribution in [-0.4, -0.2) is 32.4 Å². The molecule has 5 nitrogen and oxygen atoms in total. The molecule has 3 aromatic rings. The Bertz CT molecular complexity index is 908. The molecule has 0 aliphatic heterocycles. The number of halogens is 2. The van der Waals surface area contributed by atoms with Gasteiger partial charge in [0.15, 0.2) is 3.83 Å². The summed E-state index contributed by atoms with van der Waals surface area (Å²) in [5.41, 5.74) is 3.04. The van der Waals surface area contributed by atoms with Crippen LogP contribution in [0, 0.1) is 16.6 Å². The second-order valence-electron chi connectivity index (χ2n) is 5.69. The monoisotopic (exact) mass is 450 g/mol. The van der Waals surface area contributed by atoms with E-state index in [1.165, 1.54) is 12.1 Å². The standard InChI is InChI=1S/C18H16FIN4O/c1-12-9-13(7-8-21-12)11-23(2)17(25)16-10-22-18(20)24(16)15-5-3-14(19)4-6-15/h3-10H,11H2,1-2H3. The third kappa shape index (κ3) is 3.87. The molecule has 0 radical (unpaired) electrons. The lowest BCUT2D eigenvalue weighted by molar-refractivity contribution is 0.0777. The quantitative estimate of drug-likeness (QED) is 0.571. The number of rotatable bonds is 4. The molecule has 2 aromatic heterocycles. The number of carbonyl (C=O) groups excluding carboxylic acids is 1. The van der Waals surface area contributed by atoms with Crippen LogP contribution in [0.3, 0.4) is 0 Å². The van der Waals surface area contributed by atoms with Crippen LogP contribution in [0.15, 0.2) is 48.8 Å². The highest BCUT2D eigenvalue weighted by Crippen LogP contribution is 2.19. The van der Waals surface area contributed by atoms with E-state index in [0.717, 1.165) is 11.3 Å². The minimum atomic E-state index is -0.322. The van der Waals surface area contributed by atoms with Gasteiger partial charge in [0.25, 0.3) is 5.91 Å². The number of hydrogen-bond donors (Lipinski definition) is 0. The van der Waals surface area contributed by atoms with Crippen molar-refractivity contribution in [2.75, 3.05) is 7.05 Å². The van der Waals surface area contributed by atoms with Crippen molar-refractivity contribution in [1.82, 2.24) is 19.4 Å². The van der Waals surface area contributed by atoms with Crippen molar-refractivity contribution in [2.45, 2.75) is 13.5 Å². The first-order valence-electron chi connectivity index (χ1n) is 7.62. The molecule has 0 unspecified atom stereocenters. The van der Waals surface area contributed by atoms with Gasteiger partial charge in [-0.15, -0.1) is 0 Å². The minimum absolute atomic E-state index is 0.158. The van der Waals surface area contributed by atoms with Gasteiger partial charge in [-0.2, -0.15) is 0 Å². The number of hydrogen-bond acceptors (Lipinski definition) is 3. The first kappa shape index (κ1) is 17.5. The summed E-state index contributed by atoms with van der Waals surface area (Å²) in [6, 6.07) is 9.82. The Morgan fingerprint density at radius 1 is 1.24 bits per heavy atom. The minimum Gasteiger partial charge on any atom is -0.336 e. The molecule has 2 heterocycles. The largest absolute Gasteiger partial charge is 0.336 e. The van der Waals surface area contributed by atoms with Gasteiger partial charge in [0.2, 0.25) is 0 Å². The number of amides is 1. The molecule has 3 rings (SSSR count). The maximum atomic E-state index is 13.2. The number of aryl methyl sites for hydroxylation is 1. The van der Waals surface area contributed by atoms with Gasteiger partial charge in [0.05, 0.1) is 6.20 Å². The number of benzene rings is 1. The van der Waals surface area contributed by atoms with E-state index >= 15 is 0 Å². The van der Waals surface area contributed by atoms with Gasteiger partial charge in [-0.3, -0.25) is 14.3 Å². The van der Waals surface area contributed by atoms with Crippen molar-refractivity contribution >= 4 is 28.5 Å². The lowest BCUT2D eigenvalue weighted by Crippen LogP contribution is -2.28. The lowest BCUT2D eigenvalue weighted by atomic mass is 10.2. The van der Waals surface area contributed by atoms with Gasteiger partial charge < -0.3 is 4.90 Å². The molecule has 0 bridgehead atoms. The Kier molecular flexibility index (Phi) is 5.12. The van der Waals surface area contributed by atoms with Gasteiger partial charge in [-0.25, -0.2) is 9.37 Å². The Morgan fingerprint density at radius 3 is 2.64 bits per heavy atom. The summed E-state index contributed by atoms with van der Waals surface area (Å²) in [6.07, 6.45) is 3.27. The molecule has 0 aliphatic rings. The molecule has 0 spiro atoms. The summed E-state index contributed by atoms with van der Waals surface area (Å²) in [7, 11) is 1.74. The fourth-order valence-electron chi connectivity index (χ4n) is 2.56. The second-order valence-corrected chi connectivity index (χ2v) is 6.66. The molecule has 0 saturated heterocycles. The Labute approximate surface area is 158 Å². The van der Waals surface area contributed by atoms with E-state index in [0.29, 0.717) is 21.8 Å². The van der Waals surface area contributed by atoms with Crippen LogP contribution in [0.2, 0.25) is 0 Å². The summed E-state index contributed by atoms with van der Waals surface area (Å²) >= 11 is 2.06. The predicted molar refractivity (Wildman–Crippen MR) is 101 cm³/mol. The van der Waals surface area contributed by atoms with E-state index in [4.69, 9.17) is 0 Å². The number of carbonyl (C=O) groups is 1. The van der Waals surface area contributed by atoms with Gasteiger partial charge in [-0.1, -0.05) is 0 Å². The topological polar surface area (TPSA) is 51.0 Å². The number of imidazole rings is 1. The fraction of sp³-hybridized carbons (Fsp3) is 0.167. The van der Waals surface area contributed by atoms with Crippen LogP contribution < -0.4 is 0 Å². The van der Waals surface area contributed by atoms with Crippen LogP contribution in [-0.2, 0) is 6.54 Å². The highest BCUT2D eigenvalue weighted by Gasteiger charge is 2.20. The van der Waals surface area contributed by atoms with Crippen molar-refractivity contribution < 1.29 is 9.18 Å². The Hall–Kier alpha value is -2.29. The average molecular weight is 450 g/mol. The Morgan fingerprint density at radius 2 is 1.96 bits per heavy atom. The maximum Gasteiger partial charge on any atom is 0.272 e. The van der Waals surface area contributed by atoms with Crippen LogP contribution in [0.25, 0.3) is 5.69 Å². The first-order chi connectivity index (χ1) is 12.0. The number of nitrogens with zero attached hydrogens (tertiary/aromatic N) is 4. The predicted octanol–water partition coefficient (Wildman–Crippen LogP) is 3.59. The third-order valence-corrected chi connectivity index (χ3v) is 4.51. The summed E-state index contributed by atoms with van der Waals surface area (Å²) in [5, 5.41) is 0. The number of aromatic nitrogens is 3. The molecule has 25 heavy (non-hydrogen) atoms. The van der Waals surface area contributed by atoms with Crippen LogP contribution >= 0.6 is 22.6 Å². The smallest absolute Gasteiger partial charge is 0.272 e. The van der Waals surface area contributed by atoms with Crippen molar-refractivity contribution in [1.29, 1.82) is 0 Å². The fourth-order valence-corrected chi connectivity index (χ4v) is 3.24. The summed E-state index contributed by atoms with van der Waals surface area (Å²) < 4.78 is 15.5. The van der Waals surface area contributed by atoms with Crippen molar-refractivity contribution in [2.24, 2.45) is 0 Å². The van der Waals surface area contributed by atoms with E-state index in [1.807, 2.05) is 19.1 Å². The SMILES string of the molecule is Cc1cc(CN(C)C(=O)c2cnc(I)n2-c2ccc(F)cc2)ccn1. The van der Waals surface area contributed by atoms with Gasteiger partial charge >= 0.3 is 0 Å². The first-order valence-corrected chi connectivity index (χ1v) is 8.70. The number of pyridine rings is 1. The molecule has 0 fully saturated rings. The zero-order valence-electron chi connectivity index (χ0n) is 13.8. The summed E-state index contributed by atoms with van der Waals surface area (Å²) in [4.78, 5) is 22.9. The van der Waals surface area contributed by atoms with E-state index in [1.54, 1.807) is 41.0 Å². The molecule has 0 N–H and O–H groups in total. The van der Waals surface area contributed by atoms with Gasteiger partial charge in [0, 0.05) is 53.8 Å². The molecular formula is C18H16FIN4O. The molecule has 0 aliphatic carbocycles. The van der Waals surface area contributed by atoms with Gasteiger partial charge in [0.1, 0.15) is 11.5 Å². The van der Waals surface area contributed by atoms with E-state index in [9.17, 15) is 9.18 Å². The highest BCUT2D eigenvalue weighted by atomic mass is 127. The van der Waals surface area contributed by atoms with Crippen molar-refractivity contribution in [3.63, 3.8) is 0 Å². The van der Waals surface area contributed by atoms with Crippen LogP contribution in [0.5, 0.6) is 0 Å². The summed E-state index contributed by atoms with van der Waals surface area (Å²) in [5.74, 6) is -0.480. The summed E-state index contributed by atoms with van der Waals surface area (Å²) in [6.45, 7) is 2.38. The molecule has 0 atom stereocenters. The van der Waals surface area contributed by atoms with E-state index in [-0.39, 0.29) is 11.7 Å². The molecular weight excluding hydrogens is 434 g/mol. The Balaban J connectivity index is 1.88. The van der Waals surface area contributed by atoms with E-state index < -0.39 is 0 Å². The zero-order valence-corrected chi connectivity index (χ0v) is 15.9. The van der Waals surface area contributed by atoms with Crippen molar-refractivity contribution in [3.05, 3.63) is 75.4 Å².